The molecule has 2 heterocycles. The maximum Gasteiger partial charge on any atom is 0.342 e. The molecule has 0 unspecified atom stereocenters. The van der Waals surface area contributed by atoms with Gasteiger partial charge in [-0.05, 0) is 20.8 Å². The second-order valence-electron chi connectivity index (χ2n) is 4.99. The van der Waals surface area contributed by atoms with Crippen LogP contribution in [0.1, 0.15) is 32.9 Å². The predicted molar refractivity (Wildman–Crippen MR) is 79.8 cm³/mol. The molecule has 2 aromatic heterocycles. The van der Waals surface area contributed by atoms with Crippen LogP contribution in [-0.4, -0.2) is 28.3 Å². The van der Waals surface area contributed by atoms with Crippen LogP contribution in [0.3, 0.4) is 0 Å². The third-order valence-electron chi connectivity index (χ3n) is 3.54. The van der Waals surface area contributed by atoms with E-state index < -0.39 is 18.5 Å². The average Bonchev–Trinajstić information content (AvgIpc) is 2.97. The number of ether oxygens (including phenoxy) is 1. The predicted octanol–water partition coefficient (Wildman–Crippen LogP) is 1.61. The molecule has 0 fully saturated rings. The first-order valence-electron chi connectivity index (χ1n) is 6.80. The Kier molecular flexibility index (Phi) is 4.50. The lowest BCUT2D eigenvalue weighted by atomic mass is 10.2. The number of carbonyl (C=O) groups is 2. The molecule has 2 aromatic rings. The molecule has 0 radical (unpaired) electrons. The third kappa shape index (κ3) is 3.23. The Morgan fingerprint density at radius 2 is 2.13 bits per heavy atom. The molecular formula is C15H16N4O4. The Balaban J connectivity index is 1.99. The number of esters is 1. The van der Waals surface area contributed by atoms with Gasteiger partial charge in [-0.2, -0.15) is 10.4 Å². The zero-order chi connectivity index (χ0) is 17.1. The fourth-order valence-corrected chi connectivity index (χ4v) is 1.92. The van der Waals surface area contributed by atoms with Crippen molar-refractivity contribution in [2.24, 2.45) is 7.05 Å². The lowest BCUT2D eigenvalue weighted by Crippen LogP contribution is -2.21. The van der Waals surface area contributed by atoms with Gasteiger partial charge in [-0.3, -0.25) is 14.8 Å². The molecule has 120 valence electrons. The number of hydrogen-bond donors (Lipinski definition) is 1. The van der Waals surface area contributed by atoms with Crippen molar-refractivity contribution in [3.05, 3.63) is 34.3 Å². The molecule has 0 aliphatic rings. The number of hydrogen-bond acceptors (Lipinski definition) is 6. The number of rotatable bonds is 4. The number of anilines is 1. The normalized spacial score (nSPS) is 10.2. The van der Waals surface area contributed by atoms with Crippen molar-refractivity contribution in [3.8, 4) is 6.07 Å². The van der Waals surface area contributed by atoms with Crippen LogP contribution in [0.2, 0.25) is 0 Å². The first-order valence-corrected chi connectivity index (χ1v) is 6.80. The van der Waals surface area contributed by atoms with Crippen molar-refractivity contribution in [2.75, 3.05) is 11.9 Å². The number of aromatic nitrogens is 2. The van der Waals surface area contributed by atoms with Crippen LogP contribution in [0, 0.1) is 32.1 Å². The number of amides is 1. The second kappa shape index (κ2) is 6.36. The van der Waals surface area contributed by atoms with Crippen molar-refractivity contribution in [3.63, 3.8) is 0 Å². The maximum absolute atomic E-state index is 11.9. The fourth-order valence-electron chi connectivity index (χ4n) is 1.92. The van der Waals surface area contributed by atoms with E-state index in [1.54, 1.807) is 27.8 Å². The van der Waals surface area contributed by atoms with Gasteiger partial charge >= 0.3 is 5.97 Å². The standard InChI is InChI=1S/C15H16N4O4/c1-8-10(3)23-14(11(8)5-16)18-13(20)7-22-15(21)12-6-17-19(4)9(12)2/h6H,7H2,1-4H3,(H,18,20). The molecule has 8 heteroatoms. The second-order valence-corrected chi connectivity index (χ2v) is 4.99. The minimum atomic E-state index is -0.641. The highest BCUT2D eigenvalue weighted by Gasteiger charge is 2.19. The van der Waals surface area contributed by atoms with Gasteiger partial charge in [-0.1, -0.05) is 0 Å². The first-order chi connectivity index (χ1) is 10.8. The third-order valence-corrected chi connectivity index (χ3v) is 3.54. The molecule has 0 aliphatic heterocycles. The van der Waals surface area contributed by atoms with Gasteiger partial charge in [-0.15, -0.1) is 0 Å². The quantitative estimate of drug-likeness (QED) is 0.858. The van der Waals surface area contributed by atoms with Crippen LogP contribution < -0.4 is 5.32 Å². The van der Waals surface area contributed by atoms with Crippen LogP contribution in [-0.2, 0) is 16.6 Å². The number of carbonyl (C=O) groups excluding carboxylic acids is 2. The van der Waals surface area contributed by atoms with Crippen molar-refractivity contribution >= 4 is 17.8 Å². The van der Waals surface area contributed by atoms with E-state index in [1.807, 2.05) is 6.07 Å². The van der Waals surface area contributed by atoms with Crippen molar-refractivity contribution in [1.82, 2.24) is 9.78 Å². The Morgan fingerprint density at radius 1 is 1.43 bits per heavy atom. The van der Waals surface area contributed by atoms with E-state index in [0.29, 0.717) is 22.6 Å². The summed E-state index contributed by atoms with van der Waals surface area (Å²) in [5.74, 6) is -0.635. The van der Waals surface area contributed by atoms with Crippen molar-refractivity contribution < 1.29 is 18.7 Å². The zero-order valence-electron chi connectivity index (χ0n) is 13.3. The summed E-state index contributed by atoms with van der Waals surface area (Å²) in [4.78, 5) is 23.7. The molecule has 2 rings (SSSR count). The van der Waals surface area contributed by atoms with Gasteiger partial charge in [0.15, 0.2) is 6.61 Å². The van der Waals surface area contributed by atoms with E-state index in [9.17, 15) is 9.59 Å². The molecule has 0 saturated carbocycles. The highest BCUT2D eigenvalue weighted by molar-refractivity contribution is 5.95. The monoisotopic (exact) mass is 316 g/mol. The van der Waals surface area contributed by atoms with Gasteiger partial charge in [0.25, 0.3) is 5.91 Å². The molecule has 1 amide bonds. The number of nitriles is 1. The molecule has 23 heavy (non-hydrogen) atoms. The average molecular weight is 316 g/mol. The Labute approximate surface area is 132 Å². The Morgan fingerprint density at radius 3 is 2.70 bits per heavy atom. The highest BCUT2D eigenvalue weighted by Crippen LogP contribution is 2.25. The van der Waals surface area contributed by atoms with Gasteiger partial charge in [-0.25, -0.2) is 4.79 Å². The summed E-state index contributed by atoms with van der Waals surface area (Å²) >= 11 is 0. The smallest absolute Gasteiger partial charge is 0.342 e. The lowest BCUT2D eigenvalue weighted by molar-refractivity contribution is -0.119. The van der Waals surface area contributed by atoms with Gasteiger partial charge < -0.3 is 9.15 Å². The van der Waals surface area contributed by atoms with Crippen LogP contribution in [0.25, 0.3) is 0 Å². The fraction of sp³-hybridized carbons (Fsp3) is 0.333. The Bertz CT molecular complexity index is 810. The summed E-state index contributed by atoms with van der Waals surface area (Å²) in [7, 11) is 1.70. The van der Waals surface area contributed by atoms with Crippen molar-refractivity contribution in [1.29, 1.82) is 5.26 Å². The molecule has 0 aliphatic carbocycles. The highest BCUT2D eigenvalue weighted by atomic mass is 16.5. The van der Waals surface area contributed by atoms with E-state index in [-0.39, 0.29) is 11.4 Å². The number of nitrogens with one attached hydrogen (secondary N) is 1. The van der Waals surface area contributed by atoms with Gasteiger partial charge in [0.1, 0.15) is 23.0 Å². The van der Waals surface area contributed by atoms with Gasteiger partial charge in [0, 0.05) is 18.3 Å². The van der Waals surface area contributed by atoms with Crippen LogP contribution in [0.4, 0.5) is 5.88 Å². The summed E-state index contributed by atoms with van der Waals surface area (Å²) in [6.07, 6.45) is 1.38. The van der Waals surface area contributed by atoms with E-state index >= 15 is 0 Å². The summed E-state index contributed by atoms with van der Waals surface area (Å²) in [5, 5.41) is 15.4. The number of aryl methyl sites for hydroxylation is 2. The summed E-state index contributed by atoms with van der Waals surface area (Å²) in [5.41, 5.74) is 1.85. The van der Waals surface area contributed by atoms with E-state index in [0.717, 1.165) is 0 Å². The minimum Gasteiger partial charge on any atom is -0.452 e. The van der Waals surface area contributed by atoms with E-state index in [2.05, 4.69) is 10.4 Å². The molecule has 0 saturated heterocycles. The van der Waals surface area contributed by atoms with Crippen LogP contribution in [0.5, 0.6) is 0 Å². The van der Waals surface area contributed by atoms with E-state index in [1.165, 1.54) is 10.9 Å². The van der Waals surface area contributed by atoms with Gasteiger partial charge in [0.05, 0.1) is 6.20 Å². The maximum atomic E-state index is 11.9. The molecule has 0 atom stereocenters. The summed E-state index contributed by atoms with van der Waals surface area (Å²) in [6.45, 7) is 4.64. The lowest BCUT2D eigenvalue weighted by Gasteiger charge is -2.05. The molecule has 0 aromatic carbocycles. The zero-order valence-corrected chi connectivity index (χ0v) is 13.3. The van der Waals surface area contributed by atoms with Gasteiger partial charge in [0.2, 0.25) is 5.88 Å². The summed E-state index contributed by atoms with van der Waals surface area (Å²) in [6, 6.07) is 1.96. The first kappa shape index (κ1) is 16.3. The largest absolute Gasteiger partial charge is 0.452 e. The summed E-state index contributed by atoms with van der Waals surface area (Å²) < 4.78 is 11.8. The molecular weight excluding hydrogens is 300 g/mol. The minimum absolute atomic E-state index is 0.0566. The van der Waals surface area contributed by atoms with Crippen LogP contribution >= 0.6 is 0 Å². The van der Waals surface area contributed by atoms with Crippen molar-refractivity contribution in [2.45, 2.75) is 20.8 Å². The SMILES string of the molecule is Cc1oc(NC(=O)COC(=O)c2cnn(C)c2C)c(C#N)c1C. The molecule has 0 spiro atoms. The molecule has 0 bridgehead atoms. The molecule has 1 N–H and O–H groups in total. The number of furan rings is 1. The Hall–Kier alpha value is -3.08. The molecule has 8 nitrogen and oxygen atoms in total. The topological polar surface area (TPSA) is 110 Å². The van der Waals surface area contributed by atoms with Crippen LogP contribution in [0.15, 0.2) is 10.6 Å². The number of nitrogens with zero attached hydrogens (tertiary/aromatic N) is 3. The van der Waals surface area contributed by atoms with E-state index in [4.69, 9.17) is 14.4 Å².